The van der Waals surface area contributed by atoms with Crippen molar-refractivity contribution in [1.82, 2.24) is 0 Å². The Kier molecular flexibility index (Phi) is 5.87. The summed E-state index contributed by atoms with van der Waals surface area (Å²) in [6.07, 6.45) is 0. The fraction of sp³-hybridized carbons (Fsp3) is 0.500. The van der Waals surface area contributed by atoms with Crippen molar-refractivity contribution in [1.29, 1.82) is 0 Å². The van der Waals surface area contributed by atoms with Crippen LogP contribution in [0, 0.1) is 0 Å². The Morgan fingerprint density at radius 1 is 1.60 bits per heavy atom. The summed E-state index contributed by atoms with van der Waals surface area (Å²) in [6.45, 7) is 5.05. The van der Waals surface area contributed by atoms with Crippen molar-refractivity contribution in [3.05, 3.63) is 12.2 Å². The van der Waals surface area contributed by atoms with Gasteiger partial charge in [-0.05, 0) is 12.5 Å². The summed E-state index contributed by atoms with van der Waals surface area (Å²) >= 11 is 0. The quantitative estimate of drug-likeness (QED) is 0.299. The minimum atomic E-state index is 0.0195. The first-order valence-corrected chi connectivity index (χ1v) is 5.21. The van der Waals surface area contributed by atoms with Crippen molar-refractivity contribution in [3.8, 4) is 0 Å². The molecular formula is C6H10O2S2. The molecule has 0 aliphatic heterocycles. The molecule has 4 heteroatoms. The maximum atomic E-state index is 10.6. The van der Waals surface area contributed by atoms with E-state index in [4.69, 9.17) is 5.11 Å². The monoisotopic (exact) mass is 178 g/mol. The maximum Gasteiger partial charge on any atom is 0.156 e. The van der Waals surface area contributed by atoms with Crippen LogP contribution in [-0.4, -0.2) is 22.6 Å². The highest BCUT2D eigenvalue weighted by Crippen LogP contribution is 2.21. The molecule has 58 valence electrons. The number of aliphatic hydroxyl groups is 1. The normalized spacial score (nSPS) is 9.40. The molecule has 1 N–H and O–H groups in total. The fourth-order valence-corrected chi connectivity index (χ4v) is 1.66. The van der Waals surface area contributed by atoms with Gasteiger partial charge in [0.1, 0.15) is 0 Å². The van der Waals surface area contributed by atoms with Crippen LogP contribution in [0.25, 0.3) is 0 Å². The molecule has 0 fully saturated rings. The van der Waals surface area contributed by atoms with Crippen molar-refractivity contribution in [2.75, 3.05) is 11.7 Å². The van der Waals surface area contributed by atoms with Gasteiger partial charge < -0.3 is 5.11 Å². The van der Waals surface area contributed by atoms with E-state index in [1.807, 2.05) is 0 Å². The van der Waals surface area contributed by atoms with Crippen LogP contribution in [0.3, 0.4) is 0 Å². The molecule has 0 unspecified atom stereocenters. The molecular weight excluding hydrogens is 168 g/mol. The average molecular weight is 178 g/mol. The minimum absolute atomic E-state index is 0.0195. The fourth-order valence-electron chi connectivity index (χ4n) is 0.252. The molecule has 10 heavy (non-hydrogen) atoms. The van der Waals surface area contributed by atoms with Gasteiger partial charge in [-0.15, -0.1) is 0 Å². The lowest BCUT2D eigenvalue weighted by Crippen LogP contribution is -1.96. The second-order valence-electron chi connectivity index (χ2n) is 1.67. The van der Waals surface area contributed by atoms with Crippen LogP contribution in [0.2, 0.25) is 0 Å². The van der Waals surface area contributed by atoms with E-state index in [1.165, 1.54) is 28.5 Å². The van der Waals surface area contributed by atoms with Gasteiger partial charge in [-0.1, -0.05) is 28.2 Å². The molecule has 0 aliphatic carbocycles. The van der Waals surface area contributed by atoms with Gasteiger partial charge in [-0.25, -0.2) is 0 Å². The van der Waals surface area contributed by atoms with Gasteiger partial charge in [0.25, 0.3) is 0 Å². The number of hydrogen-bond donors (Lipinski definition) is 1. The Morgan fingerprint density at radius 3 is 2.60 bits per heavy atom. The molecule has 2 nitrogen and oxygen atoms in total. The van der Waals surface area contributed by atoms with Crippen molar-refractivity contribution in [2.24, 2.45) is 0 Å². The molecule has 0 amide bonds. The number of Topliss-reactive ketones (excluding diaryl/α,β-unsaturated/α-hetero) is 1. The lowest BCUT2D eigenvalue weighted by molar-refractivity contribution is -0.113. The summed E-state index contributed by atoms with van der Waals surface area (Å²) in [4.78, 5) is 10.6. The van der Waals surface area contributed by atoms with E-state index in [1.54, 1.807) is 0 Å². The van der Waals surface area contributed by atoms with Gasteiger partial charge in [-0.3, -0.25) is 4.79 Å². The first-order chi connectivity index (χ1) is 4.68. The standard InChI is InChI=1S/C6H10O2S2/c1-5(6(2)8)3-9-10-4-7/h7H,1,3-4H2,2H3. The Balaban J connectivity index is 3.31. The third-order valence-electron chi connectivity index (χ3n) is 0.867. The summed E-state index contributed by atoms with van der Waals surface area (Å²) in [6, 6.07) is 0. The van der Waals surface area contributed by atoms with E-state index in [-0.39, 0.29) is 11.7 Å². The number of aliphatic hydroxyl groups excluding tert-OH is 1. The molecule has 0 radical (unpaired) electrons. The summed E-state index contributed by atoms with van der Waals surface area (Å²) in [5.74, 6) is 0.696. The highest BCUT2D eigenvalue weighted by molar-refractivity contribution is 8.76. The van der Waals surface area contributed by atoms with Gasteiger partial charge in [-0.2, -0.15) is 0 Å². The molecule has 0 aromatic rings. The topological polar surface area (TPSA) is 37.3 Å². The van der Waals surface area contributed by atoms with Crippen LogP contribution in [0.15, 0.2) is 12.2 Å². The molecule has 0 aromatic heterocycles. The molecule has 0 spiro atoms. The summed E-state index contributed by atoms with van der Waals surface area (Å²) in [7, 11) is 2.75. The Morgan fingerprint density at radius 2 is 2.20 bits per heavy atom. The smallest absolute Gasteiger partial charge is 0.156 e. The Bertz CT molecular complexity index is 134. The minimum Gasteiger partial charge on any atom is -0.385 e. The van der Waals surface area contributed by atoms with Gasteiger partial charge in [0.05, 0.1) is 5.94 Å². The van der Waals surface area contributed by atoms with Crippen LogP contribution in [0.4, 0.5) is 0 Å². The molecule has 0 atom stereocenters. The van der Waals surface area contributed by atoms with Crippen molar-refractivity contribution in [3.63, 3.8) is 0 Å². The average Bonchev–Trinajstić information content (AvgIpc) is 1.88. The van der Waals surface area contributed by atoms with Crippen molar-refractivity contribution < 1.29 is 9.90 Å². The third-order valence-corrected chi connectivity index (χ3v) is 2.78. The molecule has 0 rings (SSSR count). The maximum absolute atomic E-state index is 10.6. The van der Waals surface area contributed by atoms with Crippen molar-refractivity contribution >= 4 is 27.4 Å². The zero-order valence-corrected chi connectivity index (χ0v) is 7.43. The van der Waals surface area contributed by atoms with Gasteiger partial charge in [0.15, 0.2) is 5.78 Å². The predicted octanol–water partition coefficient (Wildman–Crippen LogP) is 1.46. The van der Waals surface area contributed by atoms with Gasteiger partial charge in [0.2, 0.25) is 0 Å². The lowest BCUT2D eigenvalue weighted by Gasteiger charge is -1.97. The zero-order valence-electron chi connectivity index (χ0n) is 5.79. The first-order valence-electron chi connectivity index (χ1n) is 2.72. The molecule has 0 bridgehead atoms. The van der Waals surface area contributed by atoms with Crippen LogP contribution in [0.5, 0.6) is 0 Å². The van der Waals surface area contributed by atoms with Crippen molar-refractivity contribution in [2.45, 2.75) is 6.92 Å². The van der Waals surface area contributed by atoms with E-state index in [0.29, 0.717) is 11.3 Å². The number of rotatable bonds is 5. The van der Waals surface area contributed by atoms with E-state index in [2.05, 4.69) is 6.58 Å². The summed E-state index contributed by atoms with van der Waals surface area (Å²) in [5.41, 5.74) is 0.603. The number of carbonyl (C=O) groups is 1. The van der Waals surface area contributed by atoms with Crippen LogP contribution in [0.1, 0.15) is 6.92 Å². The molecule has 0 aliphatic rings. The van der Waals surface area contributed by atoms with Gasteiger partial charge >= 0.3 is 0 Å². The molecule has 0 aromatic carbocycles. The largest absolute Gasteiger partial charge is 0.385 e. The second-order valence-corrected chi connectivity index (χ2v) is 4.10. The van der Waals surface area contributed by atoms with E-state index < -0.39 is 0 Å². The Labute approximate surface area is 68.5 Å². The molecule has 0 saturated heterocycles. The predicted molar refractivity (Wildman–Crippen MR) is 47.0 cm³/mol. The summed E-state index contributed by atoms with van der Waals surface area (Å²) in [5, 5.41) is 8.35. The number of hydrogen-bond acceptors (Lipinski definition) is 4. The van der Waals surface area contributed by atoms with Gasteiger partial charge in [0, 0.05) is 5.75 Å². The molecule has 0 saturated carbocycles. The van der Waals surface area contributed by atoms with E-state index >= 15 is 0 Å². The third kappa shape index (κ3) is 4.90. The van der Waals surface area contributed by atoms with Crippen LogP contribution in [-0.2, 0) is 4.79 Å². The SMILES string of the molecule is C=C(CSSCO)C(C)=O. The van der Waals surface area contributed by atoms with E-state index in [0.717, 1.165) is 0 Å². The highest BCUT2D eigenvalue weighted by atomic mass is 33.1. The second kappa shape index (κ2) is 5.82. The molecule has 0 heterocycles. The zero-order chi connectivity index (χ0) is 7.98. The van der Waals surface area contributed by atoms with E-state index in [9.17, 15) is 4.79 Å². The lowest BCUT2D eigenvalue weighted by atomic mass is 10.2. The first kappa shape index (κ1) is 10.1. The Hall–Kier alpha value is 0.0700. The number of ketones is 1. The highest BCUT2D eigenvalue weighted by Gasteiger charge is 1.99. The van der Waals surface area contributed by atoms with Crippen LogP contribution < -0.4 is 0 Å². The summed E-state index contributed by atoms with van der Waals surface area (Å²) < 4.78 is 0. The number of carbonyl (C=O) groups excluding carboxylic acids is 1. The van der Waals surface area contributed by atoms with Crippen LogP contribution >= 0.6 is 21.6 Å².